The van der Waals surface area contributed by atoms with Crippen LogP contribution in [0.15, 0.2) is 18.5 Å². The fourth-order valence-corrected chi connectivity index (χ4v) is 2.48. The molecule has 0 radical (unpaired) electrons. The van der Waals surface area contributed by atoms with Crippen molar-refractivity contribution in [2.24, 2.45) is 5.73 Å². The van der Waals surface area contributed by atoms with Gasteiger partial charge in [-0.05, 0) is 18.9 Å². The van der Waals surface area contributed by atoms with Gasteiger partial charge in [0.1, 0.15) is 0 Å². The molecular formula is C14H18N4O3. The molecule has 112 valence electrons. The highest BCUT2D eigenvalue weighted by Crippen LogP contribution is 2.25. The molecule has 1 aliphatic carbocycles. The molecule has 0 saturated heterocycles. The monoisotopic (exact) mass is 290 g/mol. The van der Waals surface area contributed by atoms with Gasteiger partial charge in [-0.25, -0.2) is 14.8 Å². The molecule has 7 heteroatoms. The SMILES string of the molecule is NC(=O)CN(c1ncc(/C=C/C(=O)O)cn1)C1CCCC1. The lowest BCUT2D eigenvalue weighted by Crippen LogP contribution is -2.41. The molecule has 0 aromatic carbocycles. The predicted octanol–water partition coefficient (Wildman–Crippen LogP) is 0.809. The molecule has 1 fully saturated rings. The third-order valence-corrected chi connectivity index (χ3v) is 3.43. The summed E-state index contributed by atoms with van der Waals surface area (Å²) in [6.07, 6.45) is 9.75. The molecular weight excluding hydrogens is 272 g/mol. The molecule has 7 nitrogen and oxygen atoms in total. The molecule has 0 atom stereocenters. The molecule has 0 aliphatic heterocycles. The number of aliphatic carboxylic acids is 1. The summed E-state index contributed by atoms with van der Waals surface area (Å²) in [5.41, 5.74) is 5.89. The Hall–Kier alpha value is -2.44. The standard InChI is InChI=1S/C14H18N4O3/c15-12(19)9-18(11-3-1-2-4-11)14-16-7-10(8-17-14)5-6-13(20)21/h5-8,11H,1-4,9H2,(H2,15,19)(H,20,21)/b6-5+. The summed E-state index contributed by atoms with van der Waals surface area (Å²) >= 11 is 0. The summed E-state index contributed by atoms with van der Waals surface area (Å²) in [6.45, 7) is 0.0922. The lowest BCUT2D eigenvalue weighted by molar-refractivity contribution is -0.131. The zero-order valence-electron chi connectivity index (χ0n) is 11.6. The fraction of sp³-hybridized carbons (Fsp3) is 0.429. The van der Waals surface area contributed by atoms with E-state index in [-0.39, 0.29) is 12.6 Å². The third-order valence-electron chi connectivity index (χ3n) is 3.43. The zero-order chi connectivity index (χ0) is 15.2. The van der Waals surface area contributed by atoms with Crippen LogP contribution in [0, 0.1) is 0 Å². The largest absolute Gasteiger partial charge is 0.478 e. The molecule has 2 rings (SSSR count). The molecule has 1 saturated carbocycles. The minimum absolute atomic E-state index is 0.0922. The van der Waals surface area contributed by atoms with Gasteiger partial charge in [0.2, 0.25) is 11.9 Å². The third kappa shape index (κ3) is 4.27. The molecule has 1 amide bonds. The van der Waals surface area contributed by atoms with E-state index in [4.69, 9.17) is 10.8 Å². The van der Waals surface area contributed by atoms with Gasteiger partial charge in [0, 0.05) is 30.1 Å². The molecule has 1 aliphatic rings. The first-order valence-electron chi connectivity index (χ1n) is 6.84. The first-order valence-corrected chi connectivity index (χ1v) is 6.84. The van der Waals surface area contributed by atoms with E-state index in [1.165, 1.54) is 18.5 Å². The number of aromatic nitrogens is 2. The molecule has 21 heavy (non-hydrogen) atoms. The number of nitrogens with two attached hydrogens (primary N) is 1. The van der Waals surface area contributed by atoms with Crippen molar-refractivity contribution in [3.05, 3.63) is 24.0 Å². The highest BCUT2D eigenvalue weighted by molar-refractivity contribution is 5.85. The van der Waals surface area contributed by atoms with Crippen LogP contribution >= 0.6 is 0 Å². The molecule has 0 unspecified atom stereocenters. The van der Waals surface area contributed by atoms with E-state index in [0.29, 0.717) is 11.5 Å². The van der Waals surface area contributed by atoms with E-state index in [2.05, 4.69) is 9.97 Å². The van der Waals surface area contributed by atoms with E-state index in [1.54, 1.807) is 0 Å². The summed E-state index contributed by atoms with van der Waals surface area (Å²) in [5, 5.41) is 8.57. The van der Waals surface area contributed by atoms with Gasteiger partial charge in [0.25, 0.3) is 0 Å². The molecule has 1 aromatic rings. The van der Waals surface area contributed by atoms with E-state index in [9.17, 15) is 9.59 Å². The second kappa shape index (κ2) is 6.83. The van der Waals surface area contributed by atoms with Crippen molar-refractivity contribution in [2.75, 3.05) is 11.4 Å². The van der Waals surface area contributed by atoms with Gasteiger partial charge in [-0.15, -0.1) is 0 Å². The van der Waals surface area contributed by atoms with Crippen molar-refractivity contribution in [2.45, 2.75) is 31.7 Å². The van der Waals surface area contributed by atoms with Crippen molar-refractivity contribution in [3.63, 3.8) is 0 Å². The highest BCUT2D eigenvalue weighted by atomic mass is 16.4. The molecule has 0 spiro atoms. The number of hydrogen-bond donors (Lipinski definition) is 2. The van der Waals surface area contributed by atoms with Crippen LogP contribution in [0.2, 0.25) is 0 Å². The average molecular weight is 290 g/mol. The minimum Gasteiger partial charge on any atom is -0.478 e. The number of hydrogen-bond acceptors (Lipinski definition) is 5. The van der Waals surface area contributed by atoms with Crippen LogP contribution in [-0.4, -0.2) is 39.5 Å². The van der Waals surface area contributed by atoms with Gasteiger partial charge >= 0.3 is 5.97 Å². The smallest absolute Gasteiger partial charge is 0.328 e. The molecule has 1 aromatic heterocycles. The van der Waals surface area contributed by atoms with Gasteiger partial charge < -0.3 is 15.7 Å². The van der Waals surface area contributed by atoms with Gasteiger partial charge in [0.05, 0.1) is 6.54 Å². The van der Waals surface area contributed by atoms with E-state index >= 15 is 0 Å². The van der Waals surface area contributed by atoms with Crippen LogP contribution in [0.3, 0.4) is 0 Å². The predicted molar refractivity (Wildman–Crippen MR) is 77.5 cm³/mol. The number of carbonyl (C=O) groups excluding carboxylic acids is 1. The second-order valence-corrected chi connectivity index (χ2v) is 5.02. The maximum atomic E-state index is 11.2. The Balaban J connectivity index is 2.15. The summed E-state index contributed by atoms with van der Waals surface area (Å²) in [5.74, 6) is -0.992. The van der Waals surface area contributed by atoms with Gasteiger partial charge in [0.15, 0.2) is 0 Å². The Kier molecular flexibility index (Phi) is 4.86. The van der Waals surface area contributed by atoms with Gasteiger partial charge in [-0.2, -0.15) is 0 Å². The number of anilines is 1. The minimum atomic E-state index is -1.03. The van der Waals surface area contributed by atoms with Crippen LogP contribution in [0.1, 0.15) is 31.2 Å². The Bertz CT molecular complexity index is 536. The topological polar surface area (TPSA) is 109 Å². The van der Waals surface area contributed by atoms with Gasteiger partial charge in [-0.1, -0.05) is 12.8 Å². The zero-order valence-corrected chi connectivity index (χ0v) is 11.6. The lowest BCUT2D eigenvalue weighted by Gasteiger charge is -2.27. The highest BCUT2D eigenvalue weighted by Gasteiger charge is 2.25. The number of rotatable bonds is 6. The quantitative estimate of drug-likeness (QED) is 0.750. The fourth-order valence-electron chi connectivity index (χ4n) is 2.48. The molecule has 0 bridgehead atoms. The maximum absolute atomic E-state index is 11.2. The number of carboxylic acids is 1. The van der Waals surface area contributed by atoms with Crippen LogP contribution in [0.4, 0.5) is 5.95 Å². The second-order valence-electron chi connectivity index (χ2n) is 5.02. The van der Waals surface area contributed by atoms with Crippen LogP contribution in [0.5, 0.6) is 0 Å². The summed E-state index contributed by atoms with van der Waals surface area (Å²) in [4.78, 5) is 32.0. The molecule has 1 heterocycles. The maximum Gasteiger partial charge on any atom is 0.328 e. The number of amides is 1. The number of primary amides is 1. The lowest BCUT2D eigenvalue weighted by atomic mass is 10.2. The summed E-state index contributed by atoms with van der Waals surface area (Å²) in [7, 11) is 0. The normalized spacial score (nSPS) is 15.4. The summed E-state index contributed by atoms with van der Waals surface area (Å²) < 4.78 is 0. The van der Waals surface area contributed by atoms with Crippen molar-refractivity contribution in [3.8, 4) is 0 Å². The Morgan fingerprint density at radius 2 is 1.95 bits per heavy atom. The average Bonchev–Trinajstić information content (AvgIpc) is 2.97. The first-order chi connectivity index (χ1) is 10.1. The summed E-state index contributed by atoms with van der Waals surface area (Å²) in [6, 6.07) is 0.234. The van der Waals surface area contributed by atoms with Crippen molar-refractivity contribution in [1.82, 2.24) is 9.97 Å². The number of nitrogens with zero attached hydrogens (tertiary/aromatic N) is 3. The number of carboxylic acid groups (broad SMARTS) is 1. The Labute approximate surface area is 122 Å². The number of carbonyl (C=O) groups is 2. The van der Waals surface area contributed by atoms with E-state index < -0.39 is 11.9 Å². The Morgan fingerprint density at radius 1 is 1.33 bits per heavy atom. The van der Waals surface area contributed by atoms with Crippen molar-refractivity contribution >= 4 is 23.9 Å². The van der Waals surface area contributed by atoms with Crippen LogP contribution in [-0.2, 0) is 9.59 Å². The Morgan fingerprint density at radius 3 is 2.48 bits per heavy atom. The first kappa shape index (κ1) is 15.0. The molecule has 3 N–H and O–H groups in total. The van der Waals surface area contributed by atoms with Crippen molar-refractivity contribution in [1.29, 1.82) is 0 Å². The van der Waals surface area contributed by atoms with E-state index in [1.807, 2.05) is 4.90 Å². The van der Waals surface area contributed by atoms with Crippen LogP contribution in [0.25, 0.3) is 6.08 Å². The van der Waals surface area contributed by atoms with E-state index in [0.717, 1.165) is 31.8 Å². The van der Waals surface area contributed by atoms with Crippen molar-refractivity contribution < 1.29 is 14.7 Å². The van der Waals surface area contributed by atoms with Crippen LogP contribution < -0.4 is 10.6 Å². The van der Waals surface area contributed by atoms with Gasteiger partial charge in [-0.3, -0.25) is 4.79 Å².